The number of nitrogens with zero attached hydrogens (tertiary/aromatic N) is 2. The van der Waals surface area contributed by atoms with Crippen LogP contribution in [0.25, 0.3) is 10.8 Å². The Morgan fingerprint density at radius 2 is 1.88 bits per heavy atom. The van der Waals surface area contributed by atoms with E-state index in [4.69, 9.17) is 0 Å². The largest absolute Gasteiger partial charge is 0.414 e. The molecule has 128 valence electrons. The Morgan fingerprint density at radius 3 is 2.54 bits per heavy atom. The van der Waals surface area contributed by atoms with Gasteiger partial charge in [-0.1, -0.05) is 24.3 Å². The molecule has 3 rings (SSSR count). The van der Waals surface area contributed by atoms with Gasteiger partial charge in [0, 0.05) is 24.7 Å². The van der Waals surface area contributed by atoms with Crippen molar-refractivity contribution in [2.24, 2.45) is 5.92 Å². The maximum Gasteiger partial charge on any atom is 0.414 e. The smallest absolute Gasteiger partial charge is 0.383 e. The van der Waals surface area contributed by atoms with Gasteiger partial charge in [0.2, 0.25) is 0 Å². The molecule has 1 unspecified atom stereocenters. The van der Waals surface area contributed by atoms with Crippen LogP contribution >= 0.6 is 0 Å². The van der Waals surface area contributed by atoms with Crippen LogP contribution in [0.5, 0.6) is 0 Å². The van der Waals surface area contributed by atoms with E-state index in [0.717, 1.165) is 10.8 Å². The van der Waals surface area contributed by atoms with Crippen LogP contribution in [0.4, 0.5) is 13.2 Å². The monoisotopic (exact) mass is 338 g/mol. The van der Waals surface area contributed by atoms with Gasteiger partial charge in [-0.3, -0.25) is 9.78 Å². The van der Waals surface area contributed by atoms with Crippen LogP contribution in [-0.2, 0) is 0 Å². The van der Waals surface area contributed by atoms with Crippen molar-refractivity contribution in [2.75, 3.05) is 13.1 Å². The lowest BCUT2D eigenvalue weighted by Crippen LogP contribution is -2.45. The first-order valence-electron chi connectivity index (χ1n) is 7.76. The van der Waals surface area contributed by atoms with Gasteiger partial charge < -0.3 is 10.0 Å². The van der Waals surface area contributed by atoms with Crippen LogP contribution in [0.2, 0.25) is 0 Å². The molecule has 1 N–H and O–H groups in total. The molecule has 1 aliphatic rings. The maximum absolute atomic E-state index is 12.7. The molecule has 0 radical (unpaired) electrons. The summed E-state index contributed by atoms with van der Waals surface area (Å²) >= 11 is 0. The topological polar surface area (TPSA) is 53.4 Å². The molecular weight excluding hydrogens is 321 g/mol. The highest BCUT2D eigenvalue weighted by Crippen LogP contribution is 2.32. The molecule has 1 aromatic carbocycles. The Bertz CT molecular complexity index is 735. The summed E-state index contributed by atoms with van der Waals surface area (Å²) < 4.78 is 37.8. The van der Waals surface area contributed by atoms with Crippen molar-refractivity contribution >= 4 is 16.7 Å². The number of likely N-dealkylation sites (tertiary alicyclic amines) is 1. The predicted octanol–water partition coefficient (Wildman–Crippen LogP) is 3.01. The lowest BCUT2D eigenvalue weighted by atomic mass is 9.90. The fourth-order valence-corrected chi connectivity index (χ4v) is 3.13. The average Bonchev–Trinajstić information content (AvgIpc) is 2.59. The highest BCUT2D eigenvalue weighted by molar-refractivity contribution is 6.05. The molecule has 1 saturated heterocycles. The summed E-state index contributed by atoms with van der Waals surface area (Å²) in [5, 5.41) is 11.0. The number of rotatable bonds is 2. The number of aromatic nitrogens is 1. The molecule has 2 aromatic rings. The molecule has 1 aliphatic heterocycles. The number of hydrogen-bond acceptors (Lipinski definition) is 3. The van der Waals surface area contributed by atoms with Crippen molar-refractivity contribution in [3.05, 3.63) is 42.2 Å². The zero-order valence-electron chi connectivity index (χ0n) is 12.8. The molecule has 0 bridgehead atoms. The van der Waals surface area contributed by atoms with E-state index in [-0.39, 0.29) is 31.8 Å². The number of piperidine rings is 1. The van der Waals surface area contributed by atoms with Crippen molar-refractivity contribution in [1.29, 1.82) is 0 Å². The van der Waals surface area contributed by atoms with Crippen molar-refractivity contribution in [3.63, 3.8) is 0 Å². The summed E-state index contributed by atoms with van der Waals surface area (Å²) in [7, 11) is 0. The lowest BCUT2D eigenvalue weighted by molar-refractivity contribution is -0.222. The number of pyridine rings is 1. The van der Waals surface area contributed by atoms with E-state index < -0.39 is 18.2 Å². The van der Waals surface area contributed by atoms with E-state index in [0.29, 0.717) is 5.69 Å². The molecule has 2 heterocycles. The van der Waals surface area contributed by atoms with E-state index in [1.54, 1.807) is 18.3 Å². The number of benzene rings is 1. The second-order valence-corrected chi connectivity index (χ2v) is 6.00. The van der Waals surface area contributed by atoms with Gasteiger partial charge in [0.25, 0.3) is 5.91 Å². The summed E-state index contributed by atoms with van der Waals surface area (Å²) in [4.78, 5) is 18.3. The molecule has 0 saturated carbocycles. The predicted molar refractivity (Wildman–Crippen MR) is 82.4 cm³/mol. The second-order valence-electron chi connectivity index (χ2n) is 6.00. The first-order valence-corrected chi connectivity index (χ1v) is 7.76. The summed E-state index contributed by atoms with van der Waals surface area (Å²) in [6, 6.07) is 9.15. The van der Waals surface area contributed by atoms with Crippen LogP contribution in [-0.4, -0.2) is 46.3 Å². The zero-order valence-corrected chi connectivity index (χ0v) is 12.8. The molecule has 1 atom stereocenters. The second kappa shape index (κ2) is 6.39. The van der Waals surface area contributed by atoms with E-state index >= 15 is 0 Å². The summed E-state index contributed by atoms with van der Waals surface area (Å²) in [6.07, 6.45) is -5.15. The van der Waals surface area contributed by atoms with Gasteiger partial charge in [-0.2, -0.15) is 13.2 Å². The average molecular weight is 338 g/mol. The number of hydrogen-bond donors (Lipinski definition) is 1. The fraction of sp³-hybridized carbons (Fsp3) is 0.412. The van der Waals surface area contributed by atoms with Gasteiger partial charge in [-0.15, -0.1) is 0 Å². The van der Waals surface area contributed by atoms with Crippen LogP contribution in [0.1, 0.15) is 23.3 Å². The normalized spacial score (nSPS) is 17.9. The molecular formula is C17H17F3N2O2. The number of alkyl halides is 3. The Morgan fingerprint density at radius 1 is 1.21 bits per heavy atom. The molecule has 24 heavy (non-hydrogen) atoms. The number of carbonyl (C=O) groups excluding carboxylic acids is 1. The third-order valence-electron chi connectivity index (χ3n) is 4.48. The van der Waals surface area contributed by atoms with Gasteiger partial charge in [-0.25, -0.2) is 0 Å². The SMILES string of the molecule is O=C(c1nccc2ccccc12)N1CCC(C(O)C(F)(F)F)CC1. The summed E-state index contributed by atoms with van der Waals surface area (Å²) in [6.45, 7) is 0.364. The number of carbonyl (C=O) groups is 1. The molecule has 1 aromatic heterocycles. The molecule has 4 nitrogen and oxygen atoms in total. The Balaban J connectivity index is 1.73. The van der Waals surface area contributed by atoms with Crippen LogP contribution < -0.4 is 0 Å². The lowest BCUT2D eigenvalue weighted by Gasteiger charge is -2.34. The summed E-state index contributed by atoms with van der Waals surface area (Å²) in [5.74, 6) is -1.15. The Labute approximate surface area is 136 Å². The molecule has 7 heteroatoms. The first-order chi connectivity index (χ1) is 11.4. The number of halogens is 3. The highest BCUT2D eigenvalue weighted by atomic mass is 19.4. The van der Waals surface area contributed by atoms with Crippen LogP contribution in [0.3, 0.4) is 0 Å². The number of amides is 1. The minimum atomic E-state index is -4.62. The van der Waals surface area contributed by atoms with Crippen molar-refractivity contribution in [3.8, 4) is 0 Å². The van der Waals surface area contributed by atoms with Gasteiger partial charge in [-0.05, 0) is 30.2 Å². The van der Waals surface area contributed by atoms with Gasteiger partial charge in [0.05, 0.1) is 0 Å². The van der Waals surface area contributed by atoms with Crippen LogP contribution in [0.15, 0.2) is 36.5 Å². The highest BCUT2D eigenvalue weighted by Gasteiger charge is 2.44. The van der Waals surface area contributed by atoms with Crippen molar-refractivity contribution in [1.82, 2.24) is 9.88 Å². The van der Waals surface area contributed by atoms with Crippen LogP contribution in [0, 0.1) is 5.92 Å². The number of aliphatic hydroxyl groups excluding tert-OH is 1. The fourth-order valence-electron chi connectivity index (χ4n) is 3.13. The number of fused-ring (bicyclic) bond motifs is 1. The minimum Gasteiger partial charge on any atom is -0.383 e. The standard InChI is InChI=1S/C17H17F3N2O2/c18-17(19,20)15(23)12-6-9-22(10-7-12)16(24)14-13-4-2-1-3-11(13)5-8-21-14/h1-5,8,12,15,23H,6-7,9-10H2. The van der Waals surface area contributed by atoms with E-state index in [2.05, 4.69) is 4.98 Å². The summed E-state index contributed by atoms with van der Waals surface area (Å²) in [5.41, 5.74) is 0.308. The van der Waals surface area contributed by atoms with E-state index in [1.165, 1.54) is 4.90 Å². The number of aliphatic hydroxyl groups is 1. The zero-order chi connectivity index (χ0) is 17.3. The maximum atomic E-state index is 12.7. The van der Waals surface area contributed by atoms with Gasteiger partial charge >= 0.3 is 6.18 Å². The molecule has 1 fully saturated rings. The van der Waals surface area contributed by atoms with Crippen molar-refractivity contribution < 1.29 is 23.1 Å². The van der Waals surface area contributed by atoms with E-state index in [9.17, 15) is 23.1 Å². The third kappa shape index (κ3) is 3.21. The van der Waals surface area contributed by atoms with Gasteiger partial charge in [0.1, 0.15) is 5.69 Å². The molecule has 0 spiro atoms. The van der Waals surface area contributed by atoms with E-state index in [1.807, 2.05) is 18.2 Å². The van der Waals surface area contributed by atoms with Gasteiger partial charge in [0.15, 0.2) is 6.10 Å². The molecule has 0 aliphatic carbocycles. The first kappa shape index (κ1) is 16.7. The quantitative estimate of drug-likeness (QED) is 0.916. The Kier molecular flexibility index (Phi) is 4.45. The van der Waals surface area contributed by atoms with Crippen molar-refractivity contribution in [2.45, 2.75) is 25.1 Å². The molecule has 1 amide bonds. The minimum absolute atomic E-state index is 0.122. The third-order valence-corrected chi connectivity index (χ3v) is 4.48. The Hall–Kier alpha value is -2.15.